The number of hydrogen-bond donors (Lipinski definition) is 2. The first-order chi connectivity index (χ1) is 17.0. The Morgan fingerprint density at radius 1 is 1.06 bits per heavy atom. The number of phenolic OH excluding ortho intramolecular Hbond substituents is 1. The van der Waals surface area contributed by atoms with E-state index in [0.717, 1.165) is 0 Å². The van der Waals surface area contributed by atoms with Crippen LogP contribution in [0.1, 0.15) is 24.1 Å². The predicted molar refractivity (Wildman–Crippen MR) is 118 cm³/mol. The fourth-order valence-electron chi connectivity index (χ4n) is 4.35. The number of rotatable bonds is 3. The average molecular weight is 506 g/mol. The Balaban J connectivity index is 1.49. The van der Waals surface area contributed by atoms with Crippen LogP contribution in [0, 0.1) is 11.6 Å². The molecule has 0 radical (unpaired) electrons. The van der Waals surface area contributed by atoms with Crippen LogP contribution in [0.5, 0.6) is 5.75 Å². The molecule has 8 nitrogen and oxygen atoms in total. The molecular formula is C23H19F5N6O2. The number of piperidine rings is 1. The van der Waals surface area contributed by atoms with E-state index in [4.69, 9.17) is 0 Å². The summed E-state index contributed by atoms with van der Waals surface area (Å²) >= 11 is 0. The fourth-order valence-corrected chi connectivity index (χ4v) is 4.35. The molecule has 0 amide bonds. The van der Waals surface area contributed by atoms with Gasteiger partial charge in [-0.15, -0.1) is 0 Å². The van der Waals surface area contributed by atoms with E-state index in [1.807, 2.05) is 4.90 Å². The maximum atomic E-state index is 14.7. The minimum atomic E-state index is -5.16. The van der Waals surface area contributed by atoms with E-state index in [1.165, 1.54) is 17.9 Å². The molecule has 0 spiro atoms. The second kappa shape index (κ2) is 8.36. The van der Waals surface area contributed by atoms with Gasteiger partial charge >= 0.3 is 6.18 Å². The first-order valence-corrected chi connectivity index (χ1v) is 10.9. The number of fused-ring (bicyclic) bond motifs is 1. The van der Waals surface area contributed by atoms with Crippen LogP contribution in [-0.2, 0) is 18.8 Å². The molecule has 36 heavy (non-hydrogen) atoms. The molecule has 0 saturated carbocycles. The summed E-state index contributed by atoms with van der Waals surface area (Å²) in [7, 11) is 1.46. The van der Waals surface area contributed by atoms with Crippen LogP contribution >= 0.6 is 0 Å². The highest BCUT2D eigenvalue weighted by atomic mass is 19.4. The molecule has 1 saturated heterocycles. The van der Waals surface area contributed by atoms with Crippen molar-refractivity contribution in [1.29, 1.82) is 0 Å². The van der Waals surface area contributed by atoms with Gasteiger partial charge in [-0.3, -0.25) is 4.98 Å². The topological polar surface area (TPSA) is 100 Å². The standard InChI is InChI=1S/C23H19F5N6O2/c1-33-20-13(18(32-33)12-10-14(23(26,27)28)17(25)19(35)16(12)24)11-30-21(31-20)34-8-5-22(36,6-9-34)15-4-2-3-7-29-15/h2-4,7,10-11,35-36H,5-6,8-9H2,1H3. The molecule has 5 rings (SSSR count). The number of phenols is 1. The van der Waals surface area contributed by atoms with Crippen LogP contribution < -0.4 is 4.90 Å². The van der Waals surface area contributed by atoms with Crippen LogP contribution in [-0.4, -0.2) is 48.0 Å². The largest absolute Gasteiger partial charge is 0.503 e. The highest BCUT2D eigenvalue weighted by Gasteiger charge is 2.39. The van der Waals surface area contributed by atoms with Crippen molar-refractivity contribution in [3.63, 3.8) is 0 Å². The van der Waals surface area contributed by atoms with Gasteiger partial charge in [-0.2, -0.15) is 23.3 Å². The van der Waals surface area contributed by atoms with Crippen LogP contribution in [0.3, 0.4) is 0 Å². The molecule has 1 aliphatic heterocycles. The number of benzene rings is 1. The maximum Gasteiger partial charge on any atom is 0.419 e. The van der Waals surface area contributed by atoms with Crippen molar-refractivity contribution in [3.8, 4) is 17.0 Å². The lowest BCUT2D eigenvalue weighted by Crippen LogP contribution is -2.43. The number of alkyl halides is 3. The normalized spacial score (nSPS) is 16.0. The number of aromatic nitrogens is 5. The Morgan fingerprint density at radius 3 is 2.42 bits per heavy atom. The van der Waals surface area contributed by atoms with Gasteiger partial charge in [0.25, 0.3) is 0 Å². The van der Waals surface area contributed by atoms with Gasteiger partial charge < -0.3 is 15.1 Å². The summed E-state index contributed by atoms with van der Waals surface area (Å²) in [6.45, 7) is 0.803. The first-order valence-electron chi connectivity index (χ1n) is 10.9. The predicted octanol–water partition coefficient (Wildman–Crippen LogP) is 3.92. The molecule has 0 bridgehead atoms. The first kappa shape index (κ1) is 23.9. The summed E-state index contributed by atoms with van der Waals surface area (Å²) in [5, 5.41) is 24.8. The third-order valence-corrected chi connectivity index (χ3v) is 6.32. The molecule has 1 aromatic carbocycles. The summed E-state index contributed by atoms with van der Waals surface area (Å²) in [4.78, 5) is 14.8. The fraction of sp³-hybridized carbons (Fsp3) is 0.304. The molecule has 1 aliphatic rings. The average Bonchev–Trinajstić information content (AvgIpc) is 3.18. The molecule has 1 fully saturated rings. The molecule has 4 aromatic rings. The number of hydrogen-bond acceptors (Lipinski definition) is 7. The van der Waals surface area contributed by atoms with Crippen LogP contribution in [0.25, 0.3) is 22.3 Å². The SMILES string of the molecule is Cn1nc(-c2cc(C(F)(F)F)c(F)c(O)c2F)c2cnc(N3CCC(O)(c4ccccn4)CC3)nc21. The Kier molecular flexibility index (Phi) is 5.54. The summed E-state index contributed by atoms with van der Waals surface area (Å²) < 4.78 is 69.5. The van der Waals surface area contributed by atoms with Crippen molar-refractivity contribution in [2.24, 2.45) is 7.05 Å². The van der Waals surface area contributed by atoms with Gasteiger partial charge in [-0.05, 0) is 31.0 Å². The zero-order chi connectivity index (χ0) is 25.8. The minimum absolute atomic E-state index is 0.112. The Morgan fingerprint density at radius 2 is 1.78 bits per heavy atom. The molecule has 13 heteroatoms. The molecular weight excluding hydrogens is 487 g/mol. The third-order valence-electron chi connectivity index (χ3n) is 6.32. The van der Waals surface area contributed by atoms with Gasteiger partial charge in [0, 0.05) is 38.1 Å². The van der Waals surface area contributed by atoms with Gasteiger partial charge in [0.15, 0.2) is 23.0 Å². The number of anilines is 1. The molecule has 0 unspecified atom stereocenters. The Hall–Kier alpha value is -3.87. The molecule has 0 aliphatic carbocycles. The van der Waals surface area contributed by atoms with Gasteiger partial charge in [-0.25, -0.2) is 18.4 Å². The Bertz CT molecular complexity index is 1450. The van der Waals surface area contributed by atoms with Crippen molar-refractivity contribution in [2.75, 3.05) is 18.0 Å². The molecule has 4 heterocycles. The van der Waals surface area contributed by atoms with E-state index >= 15 is 0 Å². The number of pyridine rings is 1. The van der Waals surface area contributed by atoms with E-state index in [9.17, 15) is 32.2 Å². The highest BCUT2D eigenvalue weighted by Crippen LogP contribution is 2.41. The lowest BCUT2D eigenvalue weighted by molar-refractivity contribution is -0.140. The molecule has 0 atom stereocenters. The second-order valence-corrected chi connectivity index (χ2v) is 8.56. The van der Waals surface area contributed by atoms with Gasteiger partial charge in [0.2, 0.25) is 5.95 Å². The number of nitrogens with zero attached hydrogens (tertiary/aromatic N) is 6. The van der Waals surface area contributed by atoms with Crippen molar-refractivity contribution in [2.45, 2.75) is 24.6 Å². The van der Waals surface area contributed by atoms with Gasteiger partial charge in [0.05, 0.1) is 16.6 Å². The summed E-state index contributed by atoms with van der Waals surface area (Å²) in [6.07, 6.45) is -1.54. The molecule has 2 N–H and O–H groups in total. The lowest BCUT2D eigenvalue weighted by Gasteiger charge is -2.37. The number of aromatic hydroxyl groups is 1. The highest BCUT2D eigenvalue weighted by molar-refractivity contribution is 5.91. The number of aliphatic hydroxyl groups is 1. The van der Waals surface area contributed by atoms with E-state index in [2.05, 4.69) is 20.1 Å². The summed E-state index contributed by atoms with van der Waals surface area (Å²) in [5.41, 5.74) is -3.17. The smallest absolute Gasteiger partial charge is 0.419 e. The minimum Gasteiger partial charge on any atom is -0.503 e. The zero-order valence-electron chi connectivity index (χ0n) is 18.8. The van der Waals surface area contributed by atoms with Crippen LogP contribution in [0.15, 0.2) is 36.7 Å². The summed E-state index contributed by atoms with van der Waals surface area (Å²) in [6, 6.07) is 5.58. The molecule has 188 valence electrons. The van der Waals surface area contributed by atoms with Crippen molar-refractivity contribution >= 4 is 17.0 Å². The third kappa shape index (κ3) is 3.88. The zero-order valence-corrected chi connectivity index (χ0v) is 18.8. The van der Waals surface area contributed by atoms with Crippen LogP contribution in [0.2, 0.25) is 0 Å². The Labute approximate surface area is 200 Å². The maximum absolute atomic E-state index is 14.7. The second-order valence-electron chi connectivity index (χ2n) is 8.56. The lowest BCUT2D eigenvalue weighted by atomic mass is 9.88. The molecule has 3 aromatic heterocycles. The van der Waals surface area contributed by atoms with E-state index in [-0.39, 0.29) is 22.8 Å². The number of aryl methyl sites for hydroxylation is 1. The summed E-state index contributed by atoms with van der Waals surface area (Å²) in [5.74, 6) is -5.13. The van der Waals surface area contributed by atoms with Crippen molar-refractivity contribution < 1.29 is 32.2 Å². The van der Waals surface area contributed by atoms with E-state index < -0.39 is 40.3 Å². The van der Waals surface area contributed by atoms with Crippen molar-refractivity contribution in [1.82, 2.24) is 24.7 Å². The van der Waals surface area contributed by atoms with E-state index in [0.29, 0.717) is 37.6 Å². The quantitative estimate of drug-likeness (QED) is 0.407. The van der Waals surface area contributed by atoms with E-state index in [1.54, 1.807) is 24.4 Å². The number of halogens is 5. The van der Waals surface area contributed by atoms with Crippen molar-refractivity contribution in [3.05, 3.63) is 59.6 Å². The van der Waals surface area contributed by atoms with Crippen LogP contribution in [0.4, 0.5) is 27.9 Å². The monoisotopic (exact) mass is 506 g/mol. The van der Waals surface area contributed by atoms with Gasteiger partial charge in [-0.1, -0.05) is 6.07 Å². The van der Waals surface area contributed by atoms with Gasteiger partial charge in [0.1, 0.15) is 11.3 Å².